The van der Waals surface area contributed by atoms with Gasteiger partial charge in [0.05, 0.1) is 5.39 Å². The molecule has 0 saturated heterocycles. The number of hydrogen-bond donors (Lipinski definition) is 0. The summed E-state index contributed by atoms with van der Waals surface area (Å²) in [5.41, 5.74) is 8.32. The summed E-state index contributed by atoms with van der Waals surface area (Å²) in [6.45, 7) is 0. The second kappa shape index (κ2) is 9.57. The van der Waals surface area contributed by atoms with Gasteiger partial charge in [0.15, 0.2) is 0 Å². The van der Waals surface area contributed by atoms with Gasteiger partial charge in [0.2, 0.25) is 0 Å². The molecular formula is C46H26O2. The molecule has 0 aliphatic carbocycles. The van der Waals surface area contributed by atoms with Crippen LogP contribution in [0.4, 0.5) is 0 Å². The van der Waals surface area contributed by atoms with Crippen LogP contribution in [0.2, 0.25) is 0 Å². The van der Waals surface area contributed by atoms with Crippen LogP contribution < -0.4 is 0 Å². The number of hydrogen-bond acceptors (Lipinski definition) is 2. The first-order chi connectivity index (χ1) is 23.8. The Morgan fingerprint density at radius 1 is 0.292 bits per heavy atom. The van der Waals surface area contributed by atoms with E-state index in [0.29, 0.717) is 0 Å². The van der Waals surface area contributed by atoms with Crippen LogP contribution in [0.1, 0.15) is 0 Å². The van der Waals surface area contributed by atoms with Crippen LogP contribution in [-0.2, 0) is 0 Å². The van der Waals surface area contributed by atoms with Gasteiger partial charge in [-0.25, -0.2) is 0 Å². The molecule has 0 aliphatic heterocycles. The van der Waals surface area contributed by atoms with Gasteiger partial charge in [0, 0.05) is 16.2 Å². The fourth-order valence-corrected chi connectivity index (χ4v) is 8.12. The van der Waals surface area contributed by atoms with E-state index in [0.717, 1.165) is 49.4 Å². The summed E-state index contributed by atoms with van der Waals surface area (Å²) in [5, 5.41) is 14.2. The Morgan fingerprint density at radius 2 is 0.812 bits per heavy atom. The minimum Gasteiger partial charge on any atom is -0.456 e. The second-order valence-corrected chi connectivity index (χ2v) is 12.8. The molecule has 0 bridgehead atoms. The van der Waals surface area contributed by atoms with Crippen molar-refractivity contribution in [2.24, 2.45) is 0 Å². The summed E-state index contributed by atoms with van der Waals surface area (Å²) in [5.74, 6) is 0. The van der Waals surface area contributed by atoms with Gasteiger partial charge in [-0.15, -0.1) is 0 Å². The van der Waals surface area contributed by atoms with E-state index >= 15 is 0 Å². The molecule has 48 heavy (non-hydrogen) atoms. The molecular weight excluding hydrogens is 585 g/mol. The highest BCUT2D eigenvalue weighted by Crippen LogP contribution is 2.46. The van der Waals surface area contributed by atoms with Crippen LogP contribution in [-0.4, -0.2) is 0 Å². The molecule has 9 aromatic carbocycles. The van der Waals surface area contributed by atoms with E-state index < -0.39 is 0 Å². The topological polar surface area (TPSA) is 26.3 Å². The van der Waals surface area contributed by atoms with Gasteiger partial charge in [-0.2, -0.15) is 0 Å². The molecule has 0 radical (unpaired) electrons. The lowest BCUT2D eigenvalue weighted by atomic mass is 9.85. The maximum atomic E-state index is 6.66. The lowest BCUT2D eigenvalue weighted by molar-refractivity contribution is 0.663. The average molecular weight is 611 g/mol. The molecule has 0 saturated carbocycles. The molecule has 0 N–H and O–H groups in total. The van der Waals surface area contributed by atoms with Gasteiger partial charge in [-0.3, -0.25) is 0 Å². The number of fused-ring (bicyclic) bond motifs is 12. The minimum absolute atomic E-state index is 0.833. The Hall–Kier alpha value is -6.38. The van der Waals surface area contributed by atoms with Crippen molar-refractivity contribution < 1.29 is 8.83 Å². The third-order valence-electron chi connectivity index (χ3n) is 10.2. The van der Waals surface area contributed by atoms with Crippen molar-refractivity contribution in [3.63, 3.8) is 0 Å². The molecule has 11 aromatic rings. The van der Waals surface area contributed by atoms with E-state index in [1.807, 2.05) is 0 Å². The first kappa shape index (κ1) is 25.8. The molecule has 0 fully saturated rings. The zero-order valence-electron chi connectivity index (χ0n) is 25.8. The van der Waals surface area contributed by atoms with Crippen molar-refractivity contribution in [1.82, 2.24) is 0 Å². The van der Waals surface area contributed by atoms with Crippen molar-refractivity contribution in [2.45, 2.75) is 0 Å². The Balaban J connectivity index is 1.22. The van der Waals surface area contributed by atoms with Gasteiger partial charge in [-0.1, -0.05) is 121 Å². The molecule has 0 unspecified atom stereocenters. The highest BCUT2D eigenvalue weighted by Gasteiger charge is 2.20. The standard InChI is InChI=1S/C46H26O2/c1-2-11-29-25-30(18-17-27(29)9-1)42-33-13-5-7-15-35(33)43(36-16-8-6-14-34(36)42)31-20-22-39-38(26-31)45-41(47-39)24-21-37-44-32-12-4-3-10-28(32)19-23-40(44)48-46(37)45/h1-26H. The molecule has 0 atom stereocenters. The quantitative estimate of drug-likeness (QED) is 0.182. The Morgan fingerprint density at radius 3 is 1.54 bits per heavy atom. The van der Waals surface area contributed by atoms with Crippen LogP contribution in [0.15, 0.2) is 167 Å². The van der Waals surface area contributed by atoms with Gasteiger partial charge >= 0.3 is 0 Å². The van der Waals surface area contributed by atoms with Crippen LogP contribution in [0.5, 0.6) is 0 Å². The van der Waals surface area contributed by atoms with E-state index in [4.69, 9.17) is 8.83 Å². The number of rotatable bonds is 2. The highest BCUT2D eigenvalue weighted by molar-refractivity contribution is 6.28. The van der Waals surface area contributed by atoms with Crippen LogP contribution in [0.25, 0.3) is 109 Å². The SMILES string of the molecule is c1ccc2cc(-c3c4ccccc4c(-c4ccc5oc6ccc7c(oc8ccc9ccccc9c87)c6c5c4)c4ccccc34)ccc2c1. The summed E-state index contributed by atoms with van der Waals surface area (Å²) in [6.07, 6.45) is 0. The van der Waals surface area contributed by atoms with Crippen LogP contribution in [0, 0.1) is 0 Å². The fourth-order valence-electron chi connectivity index (χ4n) is 8.12. The highest BCUT2D eigenvalue weighted by atomic mass is 16.3. The van der Waals surface area contributed by atoms with E-state index in [9.17, 15) is 0 Å². The molecule has 0 aliphatic rings. The number of furan rings is 2. The van der Waals surface area contributed by atoms with E-state index in [2.05, 4.69) is 158 Å². The molecule has 222 valence electrons. The summed E-state index contributed by atoms with van der Waals surface area (Å²) in [7, 11) is 0. The van der Waals surface area contributed by atoms with E-state index in [-0.39, 0.29) is 0 Å². The zero-order chi connectivity index (χ0) is 31.3. The molecule has 2 heterocycles. The van der Waals surface area contributed by atoms with Gasteiger partial charge in [-0.05, 0) is 102 Å². The zero-order valence-corrected chi connectivity index (χ0v) is 25.8. The Labute approximate surface area is 275 Å². The van der Waals surface area contributed by atoms with Gasteiger partial charge < -0.3 is 8.83 Å². The average Bonchev–Trinajstić information content (AvgIpc) is 3.72. The smallest absolute Gasteiger partial charge is 0.147 e. The largest absolute Gasteiger partial charge is 0.456 e. The Bertz CT molecular complexity index is 3060. The van der Waals surface area contributed by atoms with Crippen molar-refractivity contribution >= 4 is 87.0 Å². The lowest BCUT2D eigenvalue weighted by Gasteiger charge is -2.18. The first-order valence-corrected chi connectivity index (χ1v) is 16.4. The summed E-state index contributed by atoms with van der Waals surface area (Å²) >= 11 is 0. The van der Waals surface area contributed by atoms with Crippen LogP contribution >= 0.6 is 0 Å². The first-order valence-electron chi connectivity index (χ1n) is 16.4. The van der Waals surface area contributed by atoms with Gasteiger partial charge in [0.1, 0.15) is 22.3 Å². The predicted molar refractivity (Wildman–Crippen MR) is 202 cm³/mol. The van der Waals surface area contributed by atoms with Crippen molar-refractivity contribution in [1.29, 1.82) is 0 Å². The minimum atomic E-state index is 0.833. The number of benzene rings is 9. The molecule has 2 nitrogen and oxygen atoms in total. The van der Waals surface area contributed by atoms with Gasteiger partial charge in [0.25, 0.3) is 0 Å². The summed E-state index contributed by atoms with van der Waals surface area (Å²) in [4.78, 5) is 0. The fraction of sp³-hybridized carbons (Fsp3) is 0. The summed E-state index contributed by atoms with van der Waals surface area (Å²) < 4.78 is 13.1. The predicted octanol–water partition coefficient (Wildman–Crippen LogP) is 13.4. The Kier molecular flexibility index (Phi) is 5.14. The lowest BCUT2D eigenvalue weighted by Crippen LogP contribution is -1.91. The third kappa shape index (κ3) is 3.52. The maximum absolute atomic E-state index is 6.66. The second-order valence-electron chi connectivity index (χ2n) is 12.8. The van der Waals surface area contributed by atoms with Crippen molar-refractivity contribution in [3.8, 4) is 22.3 Å². The third-order valence-corrected chi connectivity index (χ3v) is 10.2. The maximum Gasteiger partial charge on any atom is 0.147 e. The van der Waals surface area contributed by atoms with Crippen LogP contribution in [0.3, 0.4) is 0 Å². The van der Waals surface area contributed by atoms with E-state index in [1.54, 1.807) is 0 Å². The molecule has 2 aromatic heterocycles. The van der Waals surface area contributed by atoms with E-state index in [1.165, 1.54) is 59.8 Å². The molecule has 2 heteroatoms. The normalized spacial score (nSPS) is 12.2. The monoisotopic (exact) mass is 610 g/mol. The van der Waals surface area contributed by atoms with Crippen molar-refractivity contribution in [2.75, 3.05) is 0 Å². The molecule has 0 spiro atoms. The van der Waals surface area contributed by atoms with Crippen molar-refractivity contribution in [3.05, 3.63) is 158 Å². The summed E-state index contributed by atoms with van der Waals surface area (Å²) in [6, 6.07) is 56.7. The molecule has 11 rings (SSSR count). The molecule has 0 amide bonds.